The topological polar surface area (TPSA) is 432 Å². The summed E-state index contributed by atoms with van der Waals surface area (Å²) in [5.74, 6) is -10.3. The lowest BCUT2D eigenvalue weighted by atomic mass is 10.0. The van der Waals surface area contributed by atoms with Crippen molar-refractivity contribution in [2.45, 2.75) is 133 Å². The zero-order valence-electron chi connectivity index (χ0n) is 39.1. The highest BCUT2D eigenvalue weighted by atomic mass is 32.2. The first-order valence-corrected chi connectivity index (χ1v) is 23.9. The molecule has 2 heterocycles. The lowest BCUT2D eigenvalue weighted by Gasteiger charge is -2.30. The number of rotatable bonds is 29. The number of nitrogens with one attached hydrogen (secondary N) is 7. The molecular weight excluding hydrogens is 935 g/mol. The van der Waals surface area contributed by atoms with Crippen LogP contribution >= 0.6 is 11.8 Å². The maximum absolute atomic E-state index is 13.6. The number of carbonyl (C=O) groups is 11. The summed E-state index contributed by atoms with van der Waals surface area (Å²) in [5.41, 5.74) is 11.2. The fourth-order valence-electron chi connectivity index (χ4n) is 7.45. The first kappa shape index (κ1) is 59.4. The van der Waals surface area contributed by atoms with Gasteiger partial charge in [0.1, 0.15) is 54.4 Å². The number of thioether (sulfide) groups is 1. The van der Waals surface area contributed by atoms with Crippen LogP contribution in [-0.2, 0) is 52.7 Å². The zero-order chi connectivity index (χ0) is 52.1. The van der Waals surface area contributed by atoms with Crippen LogP contribution in [0.3, 0.4) is 0 Å². The van der Waals surface area contributed by atoms with E-state index in [1.165, 1.54) is 23.6 Å². The van der Waals surface area contributed by atoms with Crippen LogP contribution in [0.4, 0.5) is 0 Å². The van der Waals surface area contributed by atoms with Gasteiger partial charge in [0.05, 0.1) is 32.5 Å². The van der Waals surface area contributed by atoms with Crippen molar-refractivity contribution in [2.75, 3.05) is 51.5 Å². The third-order valence-electron chi connectivity index (χ3n) is 11.2. The van der Waals surface area contributed by atoms with Gasteiger partial charge in [0.15, 0.2) is 0 Å². The molecule has 2 aliphatic heterocycles. The van der Waals surface area contributed by atoms with Gasteiger partial charge >= 0.3 is 5.97 Å². The second kappa shape index (κ2) is 29.4. The molecule has 0 unspecified atom stereocenters. The highest BCUT2D eigenvalue weighted by molar-refractivity contribution is 7.98. The summed E-state index contributed by atoms with van der Waals surface area (Å²) >= 11 is 1.31. The fraction of sp³-hybridized carbons (Fsp3) is 0.732. The number of hydrogen-bond donors (Lipinski definition) is 14. The van der Waals surface area contributed by atoms with E-state index in [-0.39, 0.29) is 38.3 Å². The van der Waals surface area contributed by atoms with E-state index in [1.54, 1.807) is 6.26 Å². The second-order valence-corrected chi connectivity index (χ2v) is 18.1. The van der Waals surface area contributed by atoms with Gasteiger partial charge < -0.3 is 84.0 Å². The minimum absolute atomic E-state index is 0.00140. The molecule has 0 aromatic carbocycles. The van der Waals surface area contributed by atoms with Crippen molar-refractivity contribution >= 4 is 76.8 Å². The summed E-state index contributed by atoms with van der Waals surface area (Å²) in [5, 5.41) is 65.6. The number of nitrogens with two attached hydrogens (primary N) is 2. The van der Waals surface area contributed by atoms with Crippen molar-refractivity contribution in [3.8, 4) is 0 Å². The number of primary amides is 1. The number of nitrogens with zero attached hydrogens (tertiary/aromatic N) is 2. The predicted molar refractivity (Wildman–Crippen MR) is 243 cm³/mol. The molecule has 2 rings (SSSR count). The van der Waals surface area contributed by atoms with Crippen LogP contribution in [0.15, 0.2) is 0 Å². The molecule has 390 valence electrons. The number of carbonyl (C=O) groups excluding carboxylic acids is 10. The van der Waals surface area contributed by atoms with Crippen molar-refractivity contribution in [1.29, 1.82) is 0 Å². The molecule has 10 atom stereocenters. The first-order chi connectivity index (χ1) is 32.5. The Labute approximate surface area is 402 Å². The van der Waals surface area contributed by atoms with E-state index in [4.69, 9.17) is 16.6 Å². The van der Waals surface area contributed by atoms with Crippen LogP contribution in [0.1, 0.15) is 72.1 Å². The van der Waals surface area contributed by atoms with Gasteiger partial charge in [-0.25, -0.2) is 0 Å². The van der Waals surface area contributed by atoms with Gasteiger partial charge in [-0.2, -0.15) is 11.8 Å². The number of hydrogen-bond acceptors (Lipinski definition) is 17. The van der Waals surface area contributed by atoms with Crippen molar-refractivity contribution < 1.29 is 78.3 Å². The maximum Gasteiger partial charge on any atom is 0.325 e. The summed E-state index contributed by atoms with van der Waals surface area (Å²) < 4.78 is 0. The molecule has 2 aliphatic rings. The molecule has 10 amide bonds. The van der Waals surface area contributed by atoms with Gasteiger partial charge in [-0.3, -0.25) is 52.7 Å². The van der Waals surface area contributed by atoms with E-state index < -0.39 is 165 Å². The minimum Gasteiger partial charge on any atom is -0.480 e. The average molecular weight is 1000 g/mol. The van der Waals surface area contributed by atoms with Crippen LogP contribution in [0, 0.1) is 5.92 Å². The Morgan fingerprint density at radius 3 is 1.38 bits per heavy atom. The molecule has 2 fully saturated rings. The van der Waals surface area contributed by atoms with Crippen LogP contribution in [-0.4, -0.2) is 212 Å². The second-order valence-electron chi connectivity index (χ2n) is 17.1. The number of aliphatic carboxylic acids is 1. The van der Waals surface area contributed by atoms with E-state index in [0.29, 0.717) is 25.0 Å². The summed E-state index contributed by atoms with van der Waals surface area (Å²) in [6, 6.07) is -14.3. The summed E-state index contributed by atoms with van der Waals surface area (Å²) in [6.07, 6.45) is 2.07. The van der Waals surface area contributed by atoms with E-state index in [9.17, 15) is 73.2 Å². The Morgan fingerprint density at radius 2 is 0.971 bits per heavy atom. The van der Waals surface area contributed by atoms with Crippen LogP contribution in [0.2, 0.25) is 0 Å². The summed E-state index contributed by atoms with van der Waals surface area (Å²) in [7, 11) is 0. The smallest absolute Gasteiger partial charge is 0.325 e. The van der Waals surface area contributed by atoms with Crippen LogP contribution in [0.5, 0.6) is 0 Å². The Balaban J connectivity index is 2.17. The molecule has 0 aliphatic carbocycles. The van der Waals surface area contributed by atoms with E-state index in [1.807, 2.05) is 13.8 Å². The van der Waals surface area contributed by atoms with Crippen molar-refractivity contribution in [3.63, 3.8) is 0 Å². The normalized spacial score (nSPS) is 19.1. The zero-order valence-corrected chi connectivity index (χ0v) is 40.0. The Bertz CT molecular complexity index is 1850. The lowest BCUT2D eigenvalue weighted by molar-refractivity contribution is -0.145. The van der Waals surface area contributed by atoms with Crippen LogP contribution in [0.25, 0.3) is 0 Å². The van der Waals surface area contributed by atoms with E-state index in [2.05, 4.69) is 37.2 Å². The molecule has 0 radical (unpaired) electrons. The standard InChI is InChI=1S/C41H69N11O16S/c1-20(2)15-22(42)32(58)49-27(18-55)39(65)52-13-6-8-30(52)38(64)46-24(11-14-69-4)34(60)47-26(17-54)36(62)48-25(16-53)35(61)45-23(9-10-31(43)57)33(59)50-28(19-56)40(66)51-12-5-7-29(51)37(63)44-21(3)41(67)68/h20-30,53-56H,5-19,42H2,1-4H3,(H2,43,57)(H,44,63)(H,45,61)(H,46,64)(H,47,60)(H,48,62)(H,49,58)(H,50,59)(H,67,68)/t21-,22-,23-,24-,25-,26-,27-,28-,29-,30-/m0/s1. The maximum atomic E-state index is 13.6. The molecule has 16 N–H and O–H groups in total. The molecule has 0 aromatic heterocycles. The molecule has 2 saturated heterocycles. The van der Waals surface area contributed by atoms with Crippen molar-refractivity contribution in [2.24, 2.45) is 17.4 Å². The summed E-state index contributed by atoms with van der Waals surface area (Å²) in [4.78, 5) is 145. The van der Waals surface area contributed by atoms with Gasteiger partial charge in [-0.05, 0) is 69.8 Å². The lowest BCUT2D eigenvalue weighted by Crippen LogP contribution is -2.61. The highest BCUT2D eigenvalue weighted by Gasteiger charge is 2.41. The average Bonchev–Trinajstić information content (AvgIpc) is 4.01. The Morgan fingerprint density at radius 1 is 0.580 bits per heavy atom. The number of amides is 10. The van der Waals surface area contributed by atoms with Crippen molar-refractivity contribution in [1.82, 2.24) is 47.0 Å². The van der Waals surface area contributed by atoms with E-state index >= 15 is 0 Å². The quantitative estimate of drug-likeness (QED) is 0.0331. The molecule has 28 heteroatoms. The molecule has 0 aromatic rings. The molecule has 69 heavy (non-hydrogen) atoms. The predicted octanol–water partition coefficient (Wildman–Crippen LogP) is -7.17. The monoisotopic (exact) mass is 1000 g/mol. The van der Waals surface area contributed by atoms with Crippen molar-refractivity contribution in [3.05, 3.63) is 0 Å². The molecular formula is C41H69N11O16S. The fourth-order valence-corrected chi connectivity index (χ4v) is 7.92. The SMILES string of the molecule is CSCC[C@H](NC(=O)[C@@H]1CCCN1C(=O)[C@H](CO)NC(=O)[C@@H](N)CC(C)C)C(=O)N[C@@H](CO)C(=O)N[C@@H](CO)C(=O)N[C@@H](CCC(N)=O)C(=O)N[C@@H](CO)C(=O)N1CCC[C@H]1C(=O)N[C@@H](C)C(=O)O. The number of aliphatic hydroxyl groups excluding tert-OH is 4. The van der Waals surface area contributed by atoms with Gasteiger partial charge in [-0.1, -0.05) is 13.8 Å². The molecule has 0 saturated carbocycles. The third-order valence-corrected chi connectivity index (χ3v) is 11.9. The number of carboxylic acid groups (broad SMARTS) is 1. The van der Waals surface area contributed by atoms with E-state index in [0.717, 1.165) is 4.90 Å². The number of carboxylic acids is 1. The molecule has 27 nitrogen and oxygen atoms in total. The first-order valence-electron chi connectivity index (χ1n) is 22.5. The third kappa shape index (κ3) is 18.3. The van der Waals surface area contributed by atoms with Gasteiger partial charge in [0, 0.05) is 19.5 Å². The largest absolute Gasteiger partial charge is 0.480 e. The summed E-state index contributed by atoms with van der Waals surface area (Å²) in [6.45, 7) is 1.08. The minimum atomic E-state index is -1.86. The number of aliphatic hydroxyl groups is 4. The van der Waals surface area contributed by atoms with Gasteiger partial charge in [0.25, 0.3) is 0 Å². The van der Waals surface area contributed by atoms with Gasteiger partial charge in [0.2, 0.25) is 59.1 Å². The Kier molecular flexibility index (Phi) is 25.3. The molecule has 0 spiro atoms. The molecule has 0 bridgehead atoms. The van der Waals surface area contributed by atoms with Crippen LogP contribution < -0.4 is 48.7 Å². The van der Waals surface area contributed by atoms with Gasteiger partial charge in [-0.15, -0.1) is 0 Å². The Hall–Kier alpha value is -5.68. The number of likely N-dealkylation sites (tertiary alicyclic amines) is 2. The highest BCUT2D eigenvalue weighted by Crippen LogP contribution is 2.21.